The Balaban J connectivity index is 1.47. The van der Waals surface area contributed by atoms with Crippen molar-refractivity contribution in [3.05, 3.63) is 101 Å². The lowest BCUT2D eigenvalue weighted by Gasteiger charge is -2.26. The van der Waals surface area contributed by atoms with Gasteiger partial charge in [-0.05, 0) is 17.7 Å². The number of nitrogens with one attached hydrogen (secondary N) is 2. The minimum atomic E-state index is -0.558. The van der Waals surface area contributed by atoms with Crippen molar-refractivity contribution < 1.29 is 14.3 Å². The second-order valence-corrected chi connectivity index (χ2v) is 7.59. The molecular weight excluding hydrogens is 418 g/mol. The fourth-order valence-corrected chi connectivity index (χ4v) is 3.82. The van der Waals surface area contributed by atoms with Gasteiger partial charge in [-0.25, -0.2) is 5.10 Å². The molecule has 1 amide bonds. The zero-order chi connectivity index (χ0) is 22.6. The van der Waals surface area contributed by atoms with Crippen LogP contribution in [-0.2, 0) is 0 Å². The normalized spacial score (nSPS) is 14.5. The molecule has 0 radical (unpaired) electrons. The van der Waals surface area contributed by atoms with Crippen molar-refractivity contribution in [2.45, 2.75) is 6.10 Å². The molecule has 4 aromatic rings. The molecule has 0 fully saturated rings. The number of H-pyrrole nitrogens is 1. The predicted octanol–water partition coefficient (Wildman–Crippen LogP) is 3.67. The Kier molecular flexibility index (Phi) is 5.59. The topological polar surface area (TPSA) is 93.3 Å². The summed E-state index contributed by atoms with van der Waals surface area (Å²) in [6, 6.07) is 26.1. The van der Waals surface area contributed by atoms with Gasteiger partial charge in [0.25, 0.3) is 11.5 Å². The van der Waals surface area contributed by atoms with Gasteiger partial charge in [0.05, 0.1) is 12.2 Å². The van der Waals surface area contributed by atoms with Crippen molar-refractivity contribution in [3.63, 3.8) is 0 Å². The minimum absolute atomic E-state index is 0.00665. The lowest BCUT2D eigenvalue weighted by molar-refractivity contribution is 0.0788. The molecule has 1 unspecified atom stereocenters. The monoisotopic (exact) mass is 439 g/mol. The van der Waals surface area contributed by atoms with Crippen LogP contribution in [0, 0.1) is 0 Å². The summed E-state index contributed by atoms with van der Waals surface area (Å²) in [4.78, 5) is 26.1. The summed E-state index contributed by atoms with van der Waals surface area (Å²) in [5.41, 5.74) is 1.98. The highest BCUT2D eigenvalue weighted by molar-refractivity contribution is 6.03. The van der Waals surface area contributed by atoms with Crippen LogP contribution in [0.25, 0.3) is 22.4 Å². The van der Waals surface area contributed by atoms with E-state index in [0.29, 0.717) is 29.4 Å². The second kappa shape index (κ2) is 9.00. The van der Waals surface area contributed by atoms with Crippen LogP contribution < -0.4 is 20.3 Å². The van der Waals surface area contributed by atoms with Gasteiger partial charge in [0.2, 0.25) is 0 Å². The number of amides is 1. The molecule has 0 spiro atoms. The maximum absolute atomic E-state index is 13.3. The number of para-hydroxylation sites is 2. The van der Waals surface area contributed by atoms with Gasteiger partial charge in [-0.2, -0.15) is 5.10 Å². The summed E-state index contributed by atoms with van der Waals surface area (Å²) < 4.78 is 11.6. The molecule has 3 aromatic carbocycles. The number of benzene rings is 3. The Morgan fingerprint density at radius 3 is 2.27 bits per heavy atom. The van der Waals surface area contributed by atoms with Crippen LogP contribution in [0.4, 0.5) is 0 Å². The van der Waals surface area contributed by atoms with E-state index in [2.05, 4.69) is 15.5 Å². The highest BCUT2D eigenvalue weighted by Gasteiger charge is 2.25. The summed E-state index contributed by atoms with van der Waals surface area (Å²) in [6.45, 7) is 0.481. The number of fused-ring (bicyclic) bond motifs is 1. The summed E-state index contributed by atoms with van der Waals surface area (Å²) in [5.74, 6) is 0.794. The first kappa shape index (κ1) is 20.5. The molecule has 0 aliphatic carbocycles. The van der Waals surface area contributed by atoms with Gasteiger partial charge < -0.3 is 14.8 Å². The molecule has 2 heterocycles. The minimum Gasteiger partial charge on any atom is -0.486 e. The number of hydrogen-bond acceptors (Lipinski definition) is 5. The molecule has 2 N–H and O–H groups in total. The first-order valence-corrected chi connectivity index (χ1v) is 10.6. The molecule has 0 bridgehead atoms. The first-order chi connectivity index (χ1) is 16.2. The predicted molar refractivity (Wildman–Crippen MR) is 124 cm³/mol. The third kappa shape index (κ3) is 4.21. The molecule has 164 valence electrons. The average Bonchev–Trinajstić information content (AvgIpc) is 2.88. The van der Waals surface area contributed by atoms with Crippen LogP contribution in [0.2, 0.25) is 0 Å². The molecule has 1 aliphatic rings. The number of carbonyl (C=O) groups excluding carboxylic acids is 1. The van der Waals surface area contributed by atoms with Crippen molar-refractivity contribution in [3.8, 4) is 33.9 Å². The fourth-order valence-electron chi connectivity index (χ4n) is 3.82. The van der Waals surface area contributed by atoms with E-state index in [0.717, 1.165) is 11.1 Å². The van der Waals surface area contributed by atoms with Crippen LogP contribution in [-0.4, -0.2) is 35.4 Å². The maximum Gasteiger partial charge on any atom is 0.277 e. The third-order valence-electron chi connectivity index (χ3n) is 5.38. The van der Waals surface area contributed by atoms with Crippen molar-refractivity contribution in [2.24, 2.45) is 0 Å². The zero-order valence-electron chi connectivity index (χ0n) is 17.7. The Bertz CT molecular complexity index is 1340. The molecule has 1 aliphatic heterocycles. The van der Waals surface area contributed by atoms with E-state index >= 15 is 0 Å². The van der Waals surface area contributed by atoms with Gasteiger partial charge in [-0.15, -0.1) is 0 Å². The highest BCUT2D eigenvalue weighted by atomic mass is 16.6. The number of carbonyl (C=O) groups is 1. The quantitative estimate of drug-likeness (QED) is 0.495. The molecule has 5 rings (SSSR count). The Labute approximate surface area is 190 Å². The lowest BCUT2D eigenvalue weighted by Crippen LogP contribution is -2.42. The van der Waals surface area contributed by atoms with Crippen molar-refractivity contribution in [2.75, 3.05) is 13.2 Å². The smallest absolute Gasteiger partial charge is 0.277 e. The lowest BCUT2D eigenvalue weighted by atomic mass is 9.95. The second-order valence-electron chi connectivity index (χ2n) is 7.59. The Morgan fingerprint density at radius 1 is 0.909 bits per heavy atom. The van der Waals surface area contributed by atoms with Crippen LogP contribution in [0.1, 0.15) is 10.4 Å². The summed E-state index contributed by atoms with van der Waals surface area (Å²) in [6.07, 6.45) is -0.376. The number of rotatable bonds is 5. The van der Waals surface area contributed by atoms with E-state index in [1.165, 1.54) is 0 Å². The third-order valence-corrected chi connectivity index (χ3v) is 5.38. The van der Waals surface area contributed by atoms with Gasteiger partial charge in [-0.1, -0.05) is 72.8 Å². The molecule has 1 aromatic heterocycles. The van der Waals surface area contributed by atoms with E-state index < -0.39 is 11.5 Å². The maximum atomic E-state index is 13.3. The van der Waals surface area contributed by atoms with Gasteiger partial charge in [0.1, 0.15) is 18.3 Å². The van der Waals surface area contributed by atoms with Gasteiger partial charge >= 0.3 is 0 Å². The molecule has 7 heteroatoms. The van der Waals surface area contributed by atoms with Gasteiger partial charge in [0.15, 0.2) is 11.5 Å². The summed E-state index contributed by atoms with van der Waals surface area (Å²) >= 11 is 0. The van der Waals surface area contributed by atoms with Crippen LogP contribution in [0.5, 0.6) is 11.5 Å². The van der Waals surface area contributed by atoms with Gasteiger partial charge in [0, 0.05) is 11.1 Å². The van der Waals surface area contributed by atoms with E-state index in [-0.39, 0.29) is 18.2 Å². The highest BCUT2D eigenvalue weighted by Crippen LogP contribution is 2.32. The van der Waals surface area contributed by atoms with Crippen LogP contribution in [0.15, 0.2) is 89.7 Å². The number of nitrogens with zero attached hydrogens (tertiary/aromatic N) is 1. The number of aromatic nitrogens is 2. The summed E-state index contributed by atoms with van der Waals surface area (Å²) in [7, 11) is 0. The molecular formula is C26H21N3O4. The molecule has 33 heavy (non-hydrogen) atoms. The largest absolute Gasteiger partial charge is 0.486 e. The first-order valence-electron chi connectivity index (χ1n) is 10.6. The van der Waals surface area contributed by atoms with Crippen LogP contribution >= 0.6 is 0 Å². The zero-order valence-corrected chi connectivity index (χ0v) is 17.7. The molecule has 0 saturated heterocycles. The fraction of sp³-hybridized carbons (Fsp3) is 0.115. The average molecular weight is 439 g/mol. The van der Waals surface area contributed by atoms with E-state index in [1.54, 1.807) is 0 Å². The molecule has 1 atom stereocenters. The summed E-state index contributed by atoms with van der Waals surface area (Å²) in [5, 5.41) is 9.60. The van der Waals surface area contributed by atoms with Crippen molar-refractivity contribution >= 4 is 5.91 Å². The molecule has 0 saturated carbocycles. The Morgan fingerprint density at radius 2 is 1.55 bits per heavy atom. The standard InChI is InChI=1S/C26H21N3O4/c30-25(27-15-19-16-32-20-13-7-8-14-21(20)33-19)23-22(17-9-3-1-4-10-17)24(28-29-26(23)31)18-11-5-2-6-12-18/h1-14,19H,15-16H2,(H,27,30)(H,29,31). The molecule has 7 nitrogen and oxygen atoms in total. The number of aromatic amines is 1. The number of ether oxygens (including phenoxy) is 2. The van der Waals surface area contributed by atoms with E-state index in [1.807, 2.05) is 84.9 Å². The van der Waals surface area contributed by atoms with Crippen LogP contribution in [0.3, 0.4) is 0 Å². The van der Waals surface area contributed by atoms with E-state index in [4.69, 9.17) is 9.47 Å². The Hall–Kier alpha value is -4.39. The van der Waals surface area contributed by atoms with Gasteiger partial charge in [-0.3, -0.25) is 9.59 Å². The van der Waals surface area contributed by atoms with Crippen molar-refractivity contribution in [1.82, 2.24) is 15.5 Å². The number of hydrogen-bond donors (Lipinski definition) is 2. The van der Waals surface area contributed by atoms with E-state index in [9.17, 15) is 9.59 Å². The SMILES string of the molecule is O=C(NCC1COc2ccccc2O1)c1c(-c2ccccc2)c(-c2ccccc2)n[nH]c1=O. The van der Waals surface area contributed by atoms with Crippen molar-refractivity contribution in [1.29, 1.82) is 0 Å².